The molecule has 0 spiro atoms. The summed E-state index contributed by atoms with van der Waals surface area (Å²) in [5.74, 6) is 0. The van der Waals surface area contributed by atoms with Crippen molar-refractivity contribution in [2.24, 2.45) is 0 Å². The van der Waals surface area contributed by atoms with Gasteiger partial charge in [-0.15, -0.1) is 0 Å². The van der Waals surface area contributed by atoms with E-state index in [0.29, 0.717) is 15.2 Å². The van der Waals surface area contributed by atoms with E-state index < -0.39 is 0 Å². The van der Waals surface area contributed by atoms with Gasteiger partial charge in [-0.1, -0.05) is 0 Å². The molecule has 1 aromatic carbocycles. The van der Waals surface area contributed by atoms with Crippen molar-refractivity contribution in [2.45, 2.75) is 5.32 Å². The Labute approximate surface area is 84.8 Å². The molecule has 0 unspecified atom stereocenters. The predicted molar refractivity (Wildman–Crippen MR) is 55.7 cm³/mol. The van der Waals surface area contributed by atoms with E-state index in [4.69, 9.17) is 0 Å². The van der Waals surface area contributed by atoms with Gasteiger partial charge in [-0.2, -0.15) is 0 Å². The van der Waals surface area contributed by atoms with Gasteiger partial charge >= 0.3 is 84.5 Å². The molecule has 1 aromatic heterocycles. The molecule has 0 radical (unpaired) electrons. The van der Waals surface area contributed by atoms with Crippen LogP contribution < -0.4 is 0 Å². The van der Waals surface area contributed by atoms with Crippen LogP contribution >= 0.6 is 0 Å². The fourth-order valence-electron chi connectivity index (χ4n) is 1.13. The van der Waals surface area contributed by atoms with Crippen LogP contribution in [0.15, 0.2) is 54.9 Å². The van der Waals surface area contributed by atoms with Crippen LogP contribution in [0.2, 0.25) is 0 Å². The molecule has 0 aliphatic rings. The third-order valence-electron chi connectivity index (χ3n) is 1.80. The molecule has 0 saturated carbocycles. The Morgan fingerprint density at radius 1 is 0.923 bits per heavy atom. The van der Waals surface area contributed by atoms with Gasteiger partial charge in [0.05, 0.1) is 0 Å². The topological polar surface area (TPSA) is 4.93 Å². The number of benzene rings is 1. The first-order chi connectivity index (χ1) is 6.45. The average molecular weight is 236 g/mol. The first kappa shape index (κ1) is 8.61. The summed E-state index contributed by atoms with van der Waals surface area (Å²) in [4.78, 5) is 0. The molecular formula is C11H11NSe. The molecule has 0 atom stereocenters. The van der Waals surface area contributed by atoms with Gasteiger partial charge in [0, 0.05) is 0 Å². The number of aromatic nitrogens is 1. The standard InChI is InChI=1S/C11H11NSe/c1-2-6-11(7-3-1)10-13-12-8-4-5-9-12/h1-9H,10H2. The summed E-state index contributed by atoms with van der Waals surface area (Å²) < 4.78 is 2.26. The van der Waals surface area contributed by atoms with Gasteiger partial charge in [0.1, 0.15) is 0 Å². The molecule has 0 saturated heterocycles. The van der Waals surface area contributed by atoms with Crippen molar-refractivity contribution in [3.8, 4) is 0 Å². The van der Waals surface area contributed by atoms with E-state index in [1.54, 1.807) is 0 Å². The van der Waals surface area contributed by atoms with Crippen LogP contribution in [0, 0.1) is 0 Å². The molecule has 0 N–H and O–H groups in total. The quantitative estimate of drug-likeness (QED) is 0.720. The van der Waals surface area contributed by atoms with Crippen molar-refractivity contribution in [2.75, 3.05) is 0 Å². The number of rotatable bonds is 3. The van der Waals surface area contributed by atoms with Crippen LogP contribution in [-0.4, -0.2) is 18.8 Å². The fourth-order valence-corrected chi connectivity index (χ4v) is 2.81. The summed E-state index contributed by atoms with van der Waals surface area (Å²) in [5, 5.41) is 1.17. The minimum absolute atomic E-state index is 0.519. The number of hydrogen-bond donors (Lipinski definition) is 0. The van der Waals surface area contributed by atoms with Crippen molar-refractivity contribution in [3.05, 3.63) is 60.4 Å². The van der Waals surface area contributed by atoms with E-state index in [2.05, 4.69) is 58.4 Å². The molecule has 13 heavy (non-hydrogen) atoms. The average Bonchev–Trinajstić information content (AvgIpc) is 2.69. The summed E-state index contributed by atoms with van der Waals surface area (Å²) in [6.45, 7) is 0. The van der Waals surface area contributed by atoms with Crippen LogP contribution in [0.3, 0.4) is 0 Å². The van der Waals surface area contributed by atoms with Crippen LogP contribution in [0.5, 0.6) is 0 Å². The molecular weight excluding hydrogens is 225 g/mol. The van der Waals surface area contributed by atoms with Gasteiger partial charge in [0.15, 0.2) is 0 Å². The first-order valence-electron chi connectivity index (χ1n) is 4.25. The zero-order valence-corrected chi connectivity index (χ0v) is 8.97. The Hall–Kier alpha value is -0.981. The van der Waals surface area contributed by atoms with E-state index in [-0.39, 0.29) is 0 Å². The summed E-state index contributed by atoms with van der Waals surface area (Å²) in [6, 6.07) is 14.8. The molecule has 0 amide bonds. The van der Waals surface area contributed by atoms with Crippen molar-refractivity contribution < 1.29 is 0 Å². The van der Waals surface area contributed by atoms with E-state index in [1.807, 2.05) is 0 Å². The van der Waals surface area contributed by atoms with Gasteiger partial charge in [-0.05, 0) is 0 Å². The predicted octanol–water partition coefficient (Wildman–Crippen LogP) is 2.16. The first-order valence-corrected chi connectivity index (χ1v) is 6.23. The molecule has 2 aromatic rings. The SMILES string of the molecule is c1ccc(C[Se]n2cccc2)cc1. The Kier molecular flexibility index (Phi) is 2.86. The Bertz CT molecular complexity index is 340. The normalized spacial score (nSPS) is 10.2. The Morgan fingerprint density at radius 2 is 1.62 bits per heavy atom. The Balaban J connectivity index is 1.94. The maximum absolute atomic E-state index is 2.26. The number of nitrogens with zero attached hydrogens (tertiary/aromatic N) is 1. The van der Waals surface area contributed by atoms with Crippen LogP contribution in [0.1, 0.15) is 5.56 Å². The second-order valence-corrected chi connectivity index (χ2v) is 4.83. The van der Waals surface area contributed by atoms with E-state index in [9.17, 15) is 0 Å². The molecule has 1 nitrogen and oxygen atoms in total. The molecule has 0 aliphatic heterocycles. The van der Waals surface area contributed by atoms with Gasteiger partial charge in [0.25, 0.3) is 0 Å². The third kappa shape index (κ3) is 2.48. The maximum atomic E-state index is 2.26. The fraction of sp³-hybridized carbons (Fsp3) is 0.0909. The summed E-state index contributed by atoms with van der Waals surface area (Å²) in [6.07, 6.45) is 4.26. The van der Waals surface area contributed by atoms with Crippen molar-refractivity contribution >= 4 is 15.2 Å². The van der Waals surface area contributed by atoms with E-state index in [0.717, 1.165) is 0 Å². The molecule has 0 bridgehead atoms. The molecule has 1 heterocycles. The molecule has 66 valence electrons. The van der Waals surface area contributed by atoms with Crippen molar-refractivity contribution in [1.29, 1.82) is 0 Å². The summed E-state index contributed by atoms with van der Waals surface area (Å²) in [5.41, 5.74) is 1.43. The summed E-state index contributed by atoms with van der Waals surface area (Å²) in [7, 11) is 0. The van der Waals surface area contributed by atoms with Gasteiger partial charge in [-0.3, -0.25) is 0 Å². The molecule has 2 heteroatoms. The zero-order chi connectivity index (χ0) is 8.93. The van der Waals surface area contributed by atoms with Crippen molar-refractivity contribution in [3.63, 3.8) is 0 Å². The van der Waals surface area contributed by atoms with E-state index >= 15 is 0 Å². The minimum atomic E-state index is 0.519. The monoisotopic (exact) mass is 237 g/mol. The third-order valence-corrected chi connectivity index (χ3v) is 3.91. The van der Waals surface area contributed by atoms with Crippen LogP contribution in [-0.2, 0) is 5.32 Å². The summed E-state index contributed by atoms with van der Waals surface area (Å²) >= 11 is 0.519. The molecule has 2 rings (SSSR count). The van der Waals surface area contributed by atoms with Crippen molar-refractivity contribution in [1.82, 2.24) is 3.58 Å². The van der Waals surface area contributed by atoms with E-state index in [1.165, 1.54) is 10.9 Å². The van der Waals surface area contributed by atoms with Gasteiger partial charge in [-0.25, -0.2) is 0 Å². The molecule has 0 fully saturated rings. The van der Waals surface area contributed by atoms with Gasteiger partial charge in [0.2, 0.25) is 0 Å². The van der Waals surface area contributed by atoms with Gasteiger partial charge < -0.3 is 0 Å². The second kappa shape index (κ2) is 4.31. The molecule has 0 aliphatic carbocycles. The Morgan fingerprint density at radius 3 is 2.31 bits per heavy atom. The number of hydrogen-bond acceptors (Lipinski definition) is 0. The van der Waals surface area contributed by atoms with Crippen LogP contribution in [0.25, 0.3) is 0 Å². The van der Waals surface area contributed by atoms with Crippen LogP contribution in [0.4, 0.5) is 0 Å². The zero-order valence-electron chi connectivity index (χ0n) is 7.26. The second-order valence-electron chi connectivity index (χ2n) is 2.80.